The van der Waals surface area contributed by atoms with Gasteiger partial charge in [-0.15, -0.1) is 0 Å². The van der Waals surface area contributed by atoms with Gasteiger partial charge in [-0.25, -0.2) is 4.37 Å². The van der Waals surface area contributed by atoms with Crippen molar-refractivity contribution in [2.75, 3.05) is 5.32 Å². The molecule has 0 fully saturated rings. The molecule has 0 aliphatic carbocycles. The fourth-order valence-corrected chi connectivity index (χ4v) is 2.28. The smallest absolute Gasteiger partial charge is 0.150 e. The number of anilines is 2. The molecule has 0 saturated heterocycles. The number of aromatic nitrogens is 2. The van der Waals surface area contributed by atoms with E-state index in [0.717, 1.165) is 22.9 Å². The van der Waals surface area contributed by atoms with Crippen molar-refractivity contribution in [1.82, 2.24) is 9.53 Å². The molecule has 2 aromatic heterocycles. The van der Waals surface area contributed by atoms with Crippen molar-refractivity contribution < 1.29 is 9.26 Å². The van der Waals surface area contributed by atoms with Gasteiger partial charge in [0.25, 0.3) is 0 Å². The Balaban J connectivity index is 0.000000138. The van der Waals surface area contributed by atoms with Crippen molar-refractivity contribution in [2.24, 2.45) is 0 Å². The van der Waals surface area contributed by atoms with Gasteiger partial charge in [0.15, 0.2) is 11.5 Å². The molecular weight excluding hydrogens is 322 g/mol. The zero-order valence-electron chi connectivity index (χ0n) is 12.7. The summed E-state index contributed by atoms with van der Waals surface area (Å²) in [6, 6.07) is 19.5. The maximum atomic E-state index is 5.71. The average Bonchev–Trinajstić information content (AvgIpc) is 3.38. The molecule has 6 heteroatoms. The third-order valence-electron chi connectivity index (χ3n) is 2.96. The second-order valence-electron chi connectivity index (χ2n) is 4.60. The Kier molecular flexibility index (Phi) is 5.58. The lowest BCUT2D eigenvalue weighted by atomic mass is 10.2. The maximum Gasteiger partial charge on any atom is 0.150 e. The van der Waals surface area contributed by atoms with Crippen molar-refractivity contribution in [3.05, 3.63) is 84.7 Å². The second-order valence-corrected chi connectivity index (χ2v) is 5.29. The van der Waals surface area contributed by atoms with Gasteiger partial charge in [0, 0.05) is 11.6 Å². The Labute approximate surface area is 143 Å². The molecule has 0 spiro atoms. The minimum Gasteiger partial charge on any atom is -0.453 e. The number of ether oxygens (including phenoxy) is 1. The monoisotopic (exact) mass is 337 g/mol. The molecule has 1 N–H and O–H groups in total. The number of benzene rings is 2. The first kappa shape index (κ1) is 15.8. The highest BCUT2D eigenvalue weighted by Gasteiger charge is 2.13. The van der Waals surface area contributed by atoms with Crippen LogP contribution in [-0.2, 0) is 0 Å². The first-order valence-electron chi connectivity index (χ1n) is 7.25. The van der Waals surface area contributed by atoms with Gasteiger partial charge in [-0.3, -0.25) is 0 Å². The summed E-state index contributed by atoms with van der Waals surface area (Å²) in [7, 11) is 0. The Bertz CT molecular complexity index is 685. The summed E-state index contributed by atoms with van der Waals surface area (Å²) in [4.78, 5) is 0. The Hall–Kier alpha value is -3.12. The number of para-hydroxylation sites is 4. The van der Waals surface area contributed by atoms with E-state index in [1.807, 2.05) is 60.0 Å². The van der Waals surface area contributed by atoms with E-state index in [0.29, 0.717) is 0 Å². The minimum absolute atomic E-state index is 0.881. The van der Waals surface area contributed by atoms with E-state index in [2.05, 4.69) is 19.4 Å². The zero-order chi connectivity index (χ0) is 16.5. The highest BCUT2D eigenvalue weighted by molar-refractivity contribution is 7.03. The summed E-state index contributed by atoms with van der Waals surface area (Å²) in [5, 5.41) is 8.59. The zero-order valence-corrected chi connectivity index (χ0v) is 13.5. The minimum atomic E-state index is 0.881. The molecule has 2 aromatic carbocycles. The number of hydrogen-bond donors (Lipinski definition) is 1. The van der Waals surface area contributed by atoms with Crippen LogP contribution >= 0.6 is 11.5 Å². The third kappa shape index (κ3) is 4.44. The van der Waals surface area contributed by atoms with Gasteiger partial charge in [-0.1, -0.05) is 29.4 Å². The van der Waals surface area contributed by atoms with Crippen LogP contribution in [0.4, 0.5) is 11.4 Å². The average molecular weight is 337 g/mol. The predicted octanol–water partition coefficient (Wildman–Crippen LogP) is 5.35. The molecule has 0 bridgehead atoms. The maximum absolute atomic E-state index is 5.71. The van der Waals surface area contributed by atoms with Gasteiger partial charge in [0.1, 0.15) is 6.26 Å². The van der Waals surface area contributed by atoms with Crippen molar-refractivity contribution >= 4 is 22.9 Å². The first-order valence-corrected chi connectivity index (χ1v) is 8.09. The lowest BCUT2D eigenvalue weighted by Crippen LogP contribution is -2.01. The van der Waals surface area contributed by atoms with Crippen molar-refractivity contribution in [3.8, 4) is 11.5 Å². The lowest BCUT2D eigenvalue weighted by Gasteiger charge is -2.20. The van der Waals surface area contributed by atoms with Crippen LogP contribution in [0.3, 0.4) is 0 Å². The molecule has 0 atom stereocenters. The van der Waals surface area contributed by atoms with E-state index in [4.69, 9.17) is 4.74 Å². The van der Waals surface area contributed by atoms with E-state index >= 15 is 0 Å². The fraction of sp³-hybridized carbons (Fsp3) is 0. The molecular formula is C18H15N3O2S. The molecule has 0 unspecified atom stereocenters. The molecule has 5 nitrogen and oxygen atoms in total. The van der Waals surface area contributed by atoms with E-state index in [1.54, 1.807) is 18.5 Å². The van der Waals surface area contributed by atoms with E-state index < -0.39 is 0 Å². The number of hydrogen-bond acceptors (Lipinski definition) is 6. The highest BCUT2D eigenvalue weighted by Crippen LogP contribution is 2.40. The first-order chi connectivity index (χ1) is 11.9. The highest BCUT2D eigenvalue weighted by atomic mass is 32.1. The number of nitrogens with zero attached hydrogens (tertiary/aromatic N) is 2. The van der Waals surface area contributed by atoms with Crippen molar-refractivity contribution in [1.29, 1.82) is 0 Å². The summed E-state index contributed by atoms with van der Waals surface area (Å²) >= 11 is 1.46. The molecule has 1 aliphatic rings. The van der Waals surface area contributed by atoms with Crippen LogP contribution in [0.25, 0.3) is 0 Å². The SMILES string of the molecule is c1ccc2c(c1)Nc1ccccc1O2.c1cnoc1.c1cnsc1. The summed E-state index contributed by atoms with van der Waals surface area (Å²) in [6.45, 7) is 0. The van der Waals surface area contributed by atoms with Gasteiger partial charge in [-0.05, 0) is 47.9 Å². The molecule has 1 aliphatic heterocycles. The van der Waals surface area contributed by atoms with Gasteiger partial charge >= 0.3 is 0 Å². The Morgan fingerprint density at radius 3 is 1.92 bits per heavy atom. The van der Waals surface area contributed by atoms with Gasteiger partial charge in [0.2, 0.25) is 0 Å². The molecule has 5 rings (SSSR count). The summed E-state index contributed by atoms with van der Waals surface area (Å²) in [6.07, 6.45) is 4.87. The van der Waals surface area contributed by atoms with Crippen LogP contribution in [0, 0.1) is 0 Å². The van der Waals surface area contributed by atoms with E-state index in [-0.39, 0.29) is 0 Å². The van der Waals surface area contributed by atoms with Crippen LogP contribution in [0.2, 0.25) is 0 Å². The molecule has 0 saturated carbocycles. The third-order valence-corrected chi connectivity index (χ3v) is 3.48. The summed E-state index contributed by atoms with van der Waals surface area (Å²) in [5.41, 5.74) is 2.04. The van der Waals surface area contributed by atoms with Crippen LogP contribution < -0.4 is 10.1 Å². The lowest BCUT2D eigenvalue weighted by molar-refractivity contribution is 0.420. The van der Waals surface area contributed by atoms with E-state index in [9.17, 15) is 0 Å². The quantitative estimate of drug-likeness (QED) is 0.412. The normalized spacial score (nSPS) is 10.3. The van der Waals surface area contributed by atoms with Crippen LogP contribution in [0.5, 0.6) is 11.5 Å². The van der Waals surface area contributed by atoms with Gasteiger partial charge < -0.3 is 14.6 Å². The van der Waals surface area contributed by atoms with Crippen LogP contribution in [-0.4, -0.2) is 9.53 Å². The fourth-order valence-electron chi connectivity index (χ4n) is 1.93. The Morgan fingerprint density at radius 1 is 0.792 bits per heavy atom. The van der Waals surface area contributed by atoms with Crippen molar-refractivity contribution in [3.63, 3.8) is 0 Å². The standard InChI is InChI=1S/C12H9NO.C3H3NO.C3H3NS/c1-3-7-11-9(5-1)13-10-6-2-4-8-12(10)14-11;2*1-2-4-5-3-1/h1-8,13H;2*1-3H. The number of fused-ring (bicyclic) bond motifs is 2. The molecule has 24 heavy (non-hydrogen) atoms. The topological polar surface area (TPSA) is 60.2 Å². The number of rotatable bonds is 0. The van der Waals surface area contributed by atoms with Crippen LogP contribution in [0.15, 0.2) is 89.2 Å². The molecule has 3 heterocycles. The Morgan fingerprint density at radius 2 is 1.50 bits per heavy atom. The molecule has 0 amide bonds. The van der Waals surface area contributed by atoms with Crippen molar-refractivity contribution in [2.45, 2.75) is 0 Å². The largest absolute Gasteiger partial charge is 0.453 e. The second kappa shape index (κ2) is 8.50. The predicted molar refractivity (Wildman–Crippen MR) is 94.9 cm³/mol. The van der Waals surface area contributed by atoms with Gasteiger partial charge in [0.05, 0.1) is 17.6 Å². The summed E-state index contributed by atoms with van der Waals surface area (Å²) in [5.74, 6) is 1.76. The van der Waals surface area contributed by atoms with Gasteiger partial charge in [-0.2, -0.15) is 0 Å². The molecule has 4 aromatic rings. The summed E-state index contributed by atoms with van der Waals surface area (Å²) < 4.78 is 13.8. The number of nitrogens with one attached hydrogen (secondary N) is 1. The van der Waals surface area contributed by atoms with E-state index in [1.165, 1.54) is 17.8 Å². The van der Waals surface area contributed by atoms with Crippen LogP contribution in [0.1, 0.15) is 0 Å². The molecule has 0 radical (unpaired) electrons. The molecule has 120 valence electrons.